The summed E-state index contributed by atoms with van der Waals surface area (Å²) >= 11 is 0. The van der Waals surface area contributed by atoms with Gasteiger partial charge in [0, 0.05) is 12.7 Å². The van der Waals surface area contributed by atoms with E-state index in [4.69, 9.17) is 4.52 Å². The zero-order valence-electron chi connectivity index (χ0n) is 11.2. The third-order valence-corrected chi connectivity index (χ3v) is 3.63. The minimum absolute atomic E-state index is 0.0444. The van der Waals surface area contributed by atoms with Crippen molar-refractivity contribution in [1.29, 1.82) is 0 Å². The molecule has 104 valence electrons. The van der Waals surface area contributed by atoms with Crippen molar-refractivity contribution < 1.29 is 4.52 Å². The average Bonchev–Trinajstić information content (AvgIpc) is 3.05. The maximum atomic E-state index is 5.39. The summed E-state index contributed by atoms with van der Waals surface area (Å²) < 4.78 is 5.39. The Morgan fingerprint density at radius 1 is 1.14 bits per heavy atom. The monoisotopic (exact) mass is 279 g/mol. The number of aromatic nitrogens is 4. The van der Waals surface area contributed by atoms with E-state index in [0.717, 1.165) is 13.0 Å². The van der Waals surface area contributed by atoms with Gasteiger partial charge in [-0.2, -0.15) is 4.98 Å². The van der Waals surface area contributed by atoms with Gasteiger partial charge in [-0.05, 0) is 23.6 Å². The van der Waals surface area contributed by atoms with Crippen molar-refractivity contribution in [3.05, 3.63) is 59.9 Å². The third kappa shape index (κ3) is 2.30. The standard InChI is InChI=1S/C15H13N5O/c1-2-4-11-8-17-13(7-10(11)3-1)15-19-14(20-21-15)12-5-6-16-9-18-12/h1-6,9,13,17H,7-8H2. The van der Waals surface area contributed by atoms with E-state index in [9.17, 15) is 0 Å². The molecule has 1 aromatic carbocycles. The van der Waals surface area contributed by atoms with Gasteiger partial charge in [0.1, 0.15) is 12.0 Å². The Kier molecular flexibility index (Phi) is 2.93. The molecule has 1 unspecified atom stereocenters. The van der Waals surface area contributed by atoms with Crippen LogP contribution in [0.1, 0.15) is 23.1 Å². The highest BCUT2D eigenvalue weighted by atomic mass is 16.5. The molecule has 6 heteroatoms. The van der Waals surface area contributed by atoms with Crippen LogP contribution in [0, 0.1) is 0 Å². The lowest BCUT2D eigenvalue weighted by Gasteiger charge is -2.23. The van der Waals surface area contributed by atoms with Crippen molar-refractivity contribution >= 4 is 0 Å². The summed E-state index contributed by atoms with van der Waals surface area (Å²) in [6.45, 7) is 0.812. The molecule has 0 radical (unpaired) electrons. The first-order chi connectivity index (χ1) is 10.4. The van der Waals surface area contributed by atoms with Gasteiger partial charge < -0.3 is 9.84 Å². The maximum Gasteiger partial charge on any atom is 0.244 e. The molecule has 6 nitrogen and oxygen atoms in total. The first-order valence-corrected chi connectivity index (χ1v) is 6.80. The van der Waals surface area contributed by atoms with E-state index in [0.29, 0.717) is 17.4 Å². The second kappa shape index (κ2) is 5.06. The minimum Gasteiger partial charge on any atom is -0.337 e. The van der Waals surface area contributed by atoms with E-state index < -0.39 is 0 Å². The quantitative estimate of drug-likeness (QED) is 0.772. The number of fused-ring (bicyclic) bond motifs is 1. The van der Waals surface area contributed by atoms with Crippen LogP contribution < -0.4 is 5.32 Å². The summed E-state index contributed by atoms with van der Waals surface area (Å²) in [6, 6.07) is 10.2. The predicted octanol–water partition coefficient (Wildman–Crippen LogP) is 1.91. The molecule has 1 N–H and O–H groups in total. The Morgan fingerprint density at radius 2 is 2.05 bits per heavy atom. The Hall–Kier alpha value is -2.60. The normalized spacial score (nSPS) is 17.4. The number of hydrogen-bond donors (Lipinski definition) is 1. The van der Waals surface area contributed by atoms with Crippen molar-refractivity contribution in [2.75, 3.05) is 0 Å². The zero-order valence-corrected chi connectivity index (χ0v) is 11.2. The van der Waals surface area contributed by atoms with E-state index in [1.54, 1.807) is 12.3 Å². The lowest BCUT2D eigenvalue weighted by atomic mass is 9.96. The molecule has 1 atom stereocenters. The van der Waals surface area contributed by atoms with Crippen LogP contribution in [-0.4, -0.2) is 20.1 Å². The molecule has 21 heavy (non-hydrogen) atoms. The Balaban J connectivity index is 1.60. The van der Waals surface area contributed by atoms with Gasteiger partial charge in [0.05, 0.1) is 6.04 Å². The minimum atomic E-state index is 0.0444. The summed E-state index contributed by atoms with van der Waals surface area (Å²) in [7, 11) is 0. The molecule has 2 aromatic heterocycles. The molecule has 3 heterocycles. The van der Waals surface area contributed by atoms with Crippen molar-refractivity contribution in [2.45, 2.75) is 19.0 Å². The topological polar surface area (TPSA) is 76.7 Å². The van der Waals surface area contributed by atoms with E-state index in [1.165, 1.54) is 17.5 Å². The molecule has 1 aliphatic heterocycles. The highest BCUT2D eigenvalue weighted by Gasteiger charge is 2.24. The zero-order chi connectivity index (χ0) is 14.1. The summed E-state index contributed by atoms with van der Waals surface area (Å²) in [4.78, 5) is 12.5. The first-order valence-electron chi connectivity index (χ1n) is 6.80. The van der Waals surface area contributed by atoms with Crippen molar-refractivity contribution in [1.82, 2.24) is 25.4 Å². The lowest BCUT2D eigenvalue weighted by Crippen LogP contribution is -2.28. The molecular formula is C15H13N5O. The van der Waals surface area contributed by atoms with E-state index in [-0.39, 0.29) is 6.04 Å². The van der Waals surface area contributed by atoms with Crippen LogP contribution in [0.15, 0.2) is 47.4 Å². The molecule has 0 amide bonds. The van der Waals surface area contributed by atoms with Gasteiger partial charge >= 0.3 is 0 Å². The van der Waals surface area contributed by atoms with Gasteiger partial charge in [-0.1, -0.05) is 29.4 Å². The van der Waals surface area contributed by atoms with Gasteiger partial charge in [-0.15, -0.1) is 0 Å². The fourth-order valence-corrected chi connectivity index (χ4v) is 2.53. The number of hydrogen-bond acceptors (Lipinski definition) is 6. The molecule has 0 aliphatic carbocycles. The second-order valence-electron chi connectivity index (χ2n) is 4.96. The van der Waals surface area contributed by atoms with Gasteiger partial charge in [0.2, 0.25) is 11.7 Å². The Bertz CT molecular complexity index is 756. The molecule has 1 aliphatic rings. The fraction of sp³-hybridized carbons (Fsp3) is 0.200. The molecule has 4 rings (SSSR count). The molecule has 0 saturated heterocycles. The molecular weight excluding hydrogens is 266 g/mol. The Labute approximate surface area is 121 Å². The van der Waals surface area contributed by atoms with Crippen LogP contribution in [0.5, 0.6) is 0 Å². The van der Waals surface area contributed by atoms with Crippen LogP contribution in [0.3, 0.4) is 0 Å². The molecule has 3 aromatic rings. The highest BCUT2D eigenvalue weighted by Crippen LogP contribution is 2.25. The fourth-order valence-electron chi connectivity index (χ4n) is 2.53. The SMILES string of the molecule is c1ccc2c(c1)CNC(c1nc(-c3ccncn3)no1)C2. The Morgan fingerprint density at radius 3 is 2.90 bits per heavy atom. The molecule has 0 spiro atoms. The van der Waals surface area contributed by atoms with Crippen molar-refractivity contribution in [3.8, 4) is 11.5 Å². The average molecular weight is 279 g/mol. The van der Waals surface area contributed by atoms with Crippen LogP contribution in [0.2, 0.25) is 0 Å². The molecule has 0 fully saturated rings. The van der Waals surface area contributed by atoms with E-state index >= 15 is 0 Å². The summed E-state index contributed by atoms with van der Waals surface area (Å²) in [5.41, 5.74) is 3.31. The van der Waals surface area contributed by atoms with Gasteiger partial charge in [0.15, 0.2) is 0 Å². The summed E-state index contributed by atoms with van der Waals surface area (Å²) in [5.74, 6) is 1.09. The smallest absolute Gasteiger partial charge is 0.244 e. The number of rotatable bonds is 2. The van der Waals surface area contributed by atoms with Gasteiger partial charge in [0.25, 0.3) is 0 Å². The summed E-state index contributed by atoms with van der Waals surface area (Å²) in [6.07, 6.45) is 3.98. The van der Waals surface area contributed by atoms with Crippen molar-refractivity contribution in [3.63, 3.8) is 0 Å². The summed E-state index contributed by atoms with van der Waals surface area (Å²) in [5, 5.41) is 7.43. The van der Waals surface area contributed by atoms with Crippen LogP contribution in [-0.2, 0) is 13.0 Å². The van der Waals surface area contributed by atoms with Crippen molar-refractivity contribution in [2.24, 2.45) is 0 Å². The van der Waals surface area contributed by atoms with Gasteiger partial charge in [-0.3, -0.25) is 0 Å². The van der Waals surface area contributed by atoms with Crippen LogP contribution in [0.25, 0.3) is 11.5 Å². The van der Waals surface area contributed by atoms with Crippen LogP contribution >= 0.6 is 0 Å². The third-order valence-electron chi connectivity index (χ3n) is 3.63. The number of nitrogens with one attached hydrogen (secondary N) is 1. The molecule has 0 bridgehead atoms. The predicted molar refractivity (Wildman–Crippen MR) is 75.1 cm³/mol. The lowest BCUT2D eigenvalue weighted by molar-refractivity contribution is 0.321. The highest BCUT2D eigenvalue weighted by molar-refractivity contribution is 5.46. The van der Waals surface area contributed by atoms with Gasteiger partial charge in [-0.25, -0.2) is 9.97 Å². The maximum absolute atomic E-state index is 5.39. The molecule has 0 saturated carbocycles. The first kappa shape index (κ1) is 12.2. The van der Waals surface area contributed by atoms with E-state index in [1.807, 2.05) is 0 Å². The largest absolute Gasteiger partial charge is 0.337 e. The second-order valence-corrected chi connectivity index (χ2v) is 4.96. The van der Waals surface area contributed by atoms with Crippen LogP contribution in [0.4, 0.5) is 0 Å². The van der Waals surface area contributed by atoms with E-state index in [2.05, 4.69) is 49.7 Å². The number of nitrogens with zero attached hydrogens (tertiary/aromatic N) is 4. The number of benzene rings is 1.